The molecule has 0 saturated heterocycles. The van der Waals surface area contributed by atoms with Crippen LogP contribution in [0.4, 0.5) is 0 Å². The van der Waals surface area contributed by atoms with Crippen molar-refractivity contribution in [3.63, 3.8) is 0 Å². The molecule has 1 N–H and O–H groups in total. The van der Waals surface area contributed by atoms with E-state index in [4.69, 9.17) is 26.0 Å². The van der Waals surface area contributed by atoms with Gasteiger partial charge in [0.1, 0.15) is 5.75 Å². The molecule has 1 aromatic heterocycles. The number of carboxylic acid groups (broad SMARTS) is 1. The minimum absolute atomic E-state index is 0.145. The van der Waals surface area contributed by atoms with E-state index in [1.54, 1.807) is 18.2 Å². The van der Waals surface area contributed by atoms with Crippen LogP contribution in [0.2, 0.25) is 5.02 Å². The molecule has 20 heavy (non-hydrogen) atoms. The van der Waals surface area contributed by atoms with Crippen molar-refractivity contribution in [3.05, 3.63) is 35.0 Å². The standard InChI is InChI=1S/C14H12ClNO4/c15-10-3-1-2-9(13(10)19-7-8-4-5-8)12-6-11(14(17)18)16-20-12/h1-3,6,8H,4-5,7H2,(H,17,18). The van der Waals surface area contributed by atoms with Crippen LogP contribution in [0.3, 0.4) is 0 Å². The molecule has 0 aliphatic heterocycles. The van der Waals surface area contributed by atoms with Gasteiger partial charge in [0.15, 0.2) is 11.5 Å². The number of benzene rings is 1. The highest BCUT2D eigenvalue weighted by molar-refractivity contribution is 6.32. The van der Waals surface area contributed by atoms with Crippen molar-refractivity contribution < 1.29 is 19.2 Å². The Labute approximate surface area is 120 Å². The fourth-order valence-electron chi connectivity index (χ4n) is 1.84. The smallest absolute Gasteiger partial charge is 0.358 e. The number of para-hydroxylation sites is 1. The lowest BCUT2D eigenvalue weighted by Crippen LogP contribution is -2.00. The Hall–Kier alpha value is -2.01. The summed E-state index contributed by atoms with van der Waals surface area (Å²) < 4.78 is 10.8. The maximum atomic E-state index is 10.8. The molecule has 1 aliphatic rings. The molecule has 0 unspecified atom stereocenters. The second-order valence-electron chi connectivity index (χ2n) is 4.75. The fourth-order valence-corrected chi connectivity index (χ4v) is 2.07. The van der Waals surface area contributed by atoms with Crippen LogP contribution in [0.25, 0.3) is 11.3 Å². The molecule has 0 bridgehead atoms. The quantitative estimate of drug-likeness (QED) is 0.913. The summed E-state index contributed by atoms with van der Waals surface area (Å²) in [6.45, 7) is 0.608. The zero-order chi connectivity index (χ0) is 14.1. The highest BCUT2D eigenvalue weighted by atomic mass is 35.5. The first-order valence-electron chi connectivity index (χ1n) is 6.27. The minimum atomic E-state index is -1.14. The van der Waals surface area contributed by atoms with Crippen molar-refractivity contribution in [3.8, 4) is 17.1 Å². The highest BCUT2D eigenvalue weighted by Crippen LogP contribution is 2.38. The molecule has 1 fully saturated rings. The molecule has 0 radical (unpaired) electrons. The number of carboxylic acids is 1. The summed E-state index contributed by atoms with van der Waals surface area (Å²) in [5.41, 5.74) is 0.464. The van der Waals surface area contributed by atoms with Gasteiger partial charge in [-0.05, 0) is 30.9 Å². The van der Waals surface area contributed by atoms with Crippen LogP contribution in [0.5, 0.6) is 5.75 Å². The van der Waals surface area contributed by atoms with E-state index >= 15 is 0 Å². The van der Waals surface area contributed by atoms with E-state index in [1.165, 1.54) is 18.9 Å². The molecule has 6 heteroatoms. The molecule has 0 amide bonds. The van der Waals surface area contributed by atoms with Crippen molar-refractivity contribution in [2.45, 2.75) is 12.8 Å². The molecule has 1 aromatic carbocycles. The van der Waals surface area contributed by atoms with Gasteiger partial charge >= 0.3 is 5.97 Å². The summed E-state index contributed by atoms with van der Waals surface area (Å²) >= 11 is 6.15. The van der Waals surface area contributed by atoms with Crippen LogP contribution < -0.4 is 4.74 Å². The lowest BCUT2D eigenvalue weighted by Gasteiger charge is -2.10. The van der Waals surface area contributed by atoms with Crippen LogP contribution in [0, 0.1) is 5.92 Å². The SMILES string of the molecule is O=C(O)c1cc(-c2cccc(Cl)c2OCC2CC2)on1. The van der Waals surface area contributed by atoms with Gasteiger partial charge in [-0.25, -0.2) is 4.79 Å². The summed E-state index contributed by atoms with van der Waals surface area (Å²) in [6, 6.07) is 6.60. The molecule has 104 valence electrons. The van der Waals surface area contributed by atoms with Gasteiger partial charge in [0, 0.05) is 6.07 Å². The van der Waals surface area contributed by atoms with E-state index in [0.717, 1.165) is 0 Å². The van der Waals surface area contributed by atoms with Crippen molar-refractivity contribution in [1.29, 1.82) is 0 Å². The number of rotatable bonds is 5. The van der Waals surface area contributed by atoms with Gasteiger partial charge in [0.25, 0.3) is 0 Å². The second-order valence-corrected chi connectivity index (χ2v) is 5.16. The molecule has 0 spiro atoms. The average molecular weight is 294 g/mol. The molecule has 1 saturated carbocycles. The van der Waals surface area contributed by atoms with Crippen LogP contribution >= 0.6 is 11.6 Å². The van der Waals surface area contributed by atoms with Crippen LogP contribution in [0.15, 0.2) is 28.8 Å². The maximum absolute atomic E-state index is 10.8. The van der Waals surface area contributed by atoms with Crippen molar-refractivity contribution in [2.24, 2.45) is 5.92 Å². The number of hydrogen-bond donors (Lipinski definition) is 1. The topological polar surface area (TPSA) is 72.6 Å². The Morgan fingerprint density at radius 1 is 1.50 bits per heavy atom. The number of aromatic carboxylic acids is 1. The highest BCUT2D eigenvalue weighted by Gasteiger charge is 2.24. The lowest BCUT2D eigenvalue weighted by molar-refractivity contribution is 0.0686. The first-order valence-corrected chi connectivity index (χ1v) is 6.64. The third kappa shape index (κ3) is 2.63. The monoisotopic (exact) mass is 293 g/mol. The zero-order valence-corrected chi connectivity index (χ0v) is 11.3. The van der Waals surface area contributed by atoms with Crippen molar-refractivity contribution in [1.82, 2.24) is 5.16 Å². The summed E-state index contributed by atoms with van der Waals surface area (Å²) in [5.74, 6) is 0.288. The normalized spacial score (nSPS) is 14.2. The largest absolute Gasteiger partial charge is 0.491 e. The predicted octanol–water partition coefficient (Wildman–Crippen LogP) is 3.48. The Morgan fingerprint density at radius 3 is 2.95 bits per heavy atom. The lowest BCUT2D eigenvalue weighted by atomic mass is 10.1. The van der Waals surface area contributed by atoms with Gasteiger partial charge in [0.2, 0.25) is 0 Å². The third-order valence-electron chi connectivity index (χ3n) is 3.12. The Balaban J connectivity index is 1.93. The number of aromatic nitrogens is 1. The summed E-state index contributed by atoms with van der Waals surface area (Å²) in [5, 5.41) is 12.8. The van der Waals surface area contributed by atoms with Crippen LogP contribution in [-0.2, 0) is 0 Å². The number of hydrogen-bond acceptors (Lipinski definition) is 4. The van der Waals surface area contributed by atoms with Crippen molar-refractivity contribution in [2.75, 3.05) is 6.61 Å². The van der Waals surface area contributed by atoms with Gasteiger partial charge < -0.3 is 14.4 Å². The first-order chi connectivity index (χ1) is 9.65. The molecular formula is C14H12ClNO4. The Morgan fingerprint density at radius 2 is 2.30 bits per heavy atom. The molecular weight excluding hydrogens is 282 g/mol. The average Bonchev–Trinajstić information content (AvgIpc) is 3.11. The molecule has 3 rings (SSSR count). The summed E-state index contributed by atoms with van der Waals surface area (Å²) in [4.78, 5) is 10.8. The number of ether oxygens (including phenoxy) is 1. The van der Waals surface area contributed by atoms with Crippen LogP contribution in [-0.4, -0.2) is 22.8 Å². The van der Waals surface area contributed by atoms with E-state index < -0.39 is 5.97 Å². The van der Waals surface area contributed by atoms with Gasteiger partial charge in [-0.2, -0.15) is 0 Å². The number of nitrogens with zero attached hydrogens (tertiary/aromatic N) is 1. The molecule has 5 nitrogen and oxygen atoms in total. The Bertz CT molecular complexity index is 648. The zero-order valence-electron chi connectivity index (χ0n) is 10.5. The van der Waals surface area contributed by atoms with E-state index in [2.05, 4.69) is 5.16 Å². The fraction of sp³-hybridized carbons (Fsp3) is 0.286. The van der Waals surface area contributed by atoms with Crippen molar-refractivity contribution >= 4 is 17.6 Å². The van der Waals surface area contributed by atoms with Gasteiger partial charge in [-0.3, -0.25) is 0 Å². The Kier molecular flexibility index (Phi) is 3.36. The van der Waals surface area contributed by atoms with Gasteiger partial charge in [0.05, 0.1) is 17.2 Å². The third-order valence-corrected chi connectivity index (χ3v) is 3.42. The van der Waals surface area contributed by atoms with Gasteiger partial charge in [-0.1, -0.05) is 22.8 Å². The first kappa shape index (κ1) is 13.0. The van der Waals surface area contributed by atoms with E-state index in [1.807, 2.05) is 0 Å². The minimum Gasteiger partial charge on any atom is -0.491 e. The molecule has 2 aromatic rings. The van der Waals surface area contributed by atoms with E-state index in [0.29, 0.717) is 34.6 Å². The summed E-state index contributed by atoms with van der Waals surface area (Å²) in [7, 11) is 0. The van der Waals surface area contributed by atoms with Gasteiger partial charge in [-0.15, -0.1) is 0 Å². The van der Waals surface area contributed by atoms with E-state index in [-0.39, 0.29) is 5.69 Å². The summed E-state index contributed by atoms with van der Waals surface area (Å²) in [6.07, 6.45) is 2.34. The molecule has 0 atom stereocenters. The molecule has 1 heterocycles. The van der Waals surface area contributed by atoms with E-state index in [9.17, 15) is 4.79 Å². The predicted molar refractivity (Wildman–Crippen MR) is 72.1 cm³/mol. The maximum Gasteiger partial charge on any atom is 0.358 e. The number of halogens is 1. The number of carbonyl (C=O) groups is 1. The van der Waals surface area contributed by atoms with Crippen LogP contribution in [0.1, 0.15) is 23.3 Å². The molecule has 1 aliphatic carbocycles. The second kappa shape index (κ2) is 5.17.